The molecular formula is C24H25F7N2O6S. The Labute approximate surface area is 224 Å². The van der Waals surface area contributed by atoms with E-state index in [1.54, 1.807) is 0 Å². The summed E-state index contributed by atoms with van der Waals surface area (Å²) in [5.74, 6) is -1.60. The molecule has 40 heavy (non-hydrogen) atoms. The summed E-state index contributed by atoms with van der Waals surface area (Å²) in [6.07, 6.45) is -14.6. The maximum Gasteiger partial charge on any atom is 0.430 e. The van der Waals surface area contributed by atoms with Gasteiger partial charge in [-0.3, -0.25) is 9.10 Å². The van der Waals surface area contributed by atoms with Crippen molar-refractivity contribution in [2.24, 2.45) is 0 Å². The van der Waals surface area contributed by atoms with Gasteiger partial charge in [-0.2, -0.15) is 26.3 Å². The van der Waals surface area contributed by atoms with Crippen molar-refractivity contribution in [3.63, 3.8) is 0 Å². The van der Waals surface area contributed by atoms with Gasteiger partial charge in [0.2, 0.25) is 5.91 Å². The van der Waals surface area contributed by atoms with Gasteiger partial charge in [0.15, 0.2) is 0 Å². The van der Waals surface area contributed by atoms with Gasteiger partial charge in [-0.1, -0.05) is 12.1 Å². The van der Waals surface area contributed by atoms with Crippen LogP contribution in [0.15, 0.2) is 47.4 Å². The molecule has 222 valence electrons. The largest absolute Gasteiger partial charge is 0.430 e. The third kappa shape index (κ3) is 5.89. The molecule has 1 amide bonds. The normalized spacial score (nSPS) is 18.2. The Bertz CT molecular complexity index is 1320. The second-order valence-corrected chi connectivity index (χ2v) is 11.1. The maximum atomic E-state index is 13.6. The van der Waals surface area contributed by atoms with Crippen LogP contribution in [0.5, 0.6) is 0 Å². The zero-order chi connectivity index (χ0) is 30.3. The van der Waals surface area contributed by atoms with Crippen LogP contribution in [0.4, 0.5) is 36.4 Å². The molecule has 2 aromatic carbocycles. The number of benzene rings is 2. The SMILES string of the molecule is C[C@H](O)[C@H](CO)NC(=O)C[C@@H]1CCc2cc(C(O)(C(F)(F)F)C(F)(F)F)ccc2N1S(=O)(=O)c1ccc(F)cc1. The number of halogens is 7. The highest BCUT2D eigenvalue weighted by Gasteiger charge is 2.71. The minimum absolute atomic E-state index is 0.251. The molecule has 0 bridgehead atoms. The van der Waals surface area contributed by atoms with E-state index in [0.717, 1.165) is 24.3 Å². The van der Waals surface area contributed by atoms with Crippen LogP contribution in [0.3, 0.4) is 0 Å². The maximum absolute atomic E-state index is 13.6. The van der Waals surface area contributed by atoms with Gasteiger partial charge in [0.1, 0.15) is 5.82 Å². The number of anilines is 1. The number of nitrogens with zero attached hydrogens (tertiary/aromatic N) is 1. The average molecular weight is 603 g/mol. The van der Waals surface area contributed by atoms with Gasteiger partial charge < -0.3 is 20.6 Å². The number of nitrogens with one attached hydrogen (secondary N) is 1. The third-order valence-electron chi connectivity index (χ3n) is 6.55. The number of amides is 1. The third-order valence-corrected chi connectivity index (χ3v) is 8.43. The summed E-state index contributed by atoms with van der Waals surface area (Å²) < 4.78 is 122. The molecule has 3 atom stereocenters. The number of sulfonamides is 1. The standard InChI is InChI=1S/C24H25F7N2O6S/c1-13(35)19(12-34)32-21(36)11-17-6-2-14-10-15(22(37,23(26,27)28)24(29,30)31)3-9-20(14)33(17)40(38,39)18-7-4-16(25)5-8-18/h3-5,7-10,13,17,19,34-35,37H,2,6,11-12H2,1H3,(H,32,36)/t13-,17-,19-/m0/s1. The molecule has 0 aliphatic carbocycles. The molecule has 4 N–H and O–H groups in total. The van der Waals surface area contributed by atoms with E-state index in [4.69, 9.17) is 0 Å². The Morgan fingerprint density at radius 3 is 2.15 bits per heavy atom. The molecule has 8 nitrogen and oxygen atoms in total. The van der Waals surface area contributed by atoms with E-state index in [9.17, 15) is 59.3 Å². The van der Waals surface area contributed by atoms with E-state index in [1.807, 2.05) is 0 Å². The van der Waals surface area contributed by atoms with Gasteiger partial charge in [-0.15, -0.1) is 0 Å². The topological polar surface area (TPSA) is 127 Å². The van der Waals surface area contributed by atoms with Gasteiger partial charge in [0, 0.05) is 12.0 Å². The average Bonchev–Trinajstić information content (AvgIpc) is 2.84. The molecule has 3 rings (SSSR count). The molecule has 1 aliphatic rings. The molecule has 1 heterocycles. The summed E-state index contributed by atoms with van der Waals surface area (Å²) in [6.45, 7) is 0.628. The van der Waals surface area contributed by atoms with Gasteiger partial charge in [0.05, 0.1) is 35.4 Å². The van der Waals surface area contributed by atoms with Crippen LogP contribution in [-0.4, -0.2) is 66.8 Å². The fourth-order valence-electron chi connectivity index (χ4n) is 4.38. The van der Waals surface area contributed by atoms with Crippen LogP contribution < -0.4 is 9.62 Å². The number of aliphatic hydroxyl groups excluding tert-OH is 2. The zero-order valence-corrected chi connectivity index (χ0v) is 21.5. The van der Waals surface area contributed by atoms with E-state index in [-0.39, 0.29) is 24.1 Å². The first-order valence-electron chi connectivity index (χ1n) is 11.7. The predicted octanol–water partition coefficient (Wildman–Crippen LogP) is 2.90. The Morgan fingerprint density at radius 1 is 1.07 bits per heavy atom. The number of fused-ring (bicyclic) bond motifs is 1. The molecule has 0 aromatic heterocycles. The minimum atomic E-state index is -6.16. The van der Waals surface area contributed by atoms with Crippen molar-refractivity contribution in [2.45, 2.75) is 67.2 Å². The monoisotopic (exact) mass is 602 g/mol. The quantitative estimate of drug-likeness (QED) is 0.345. The minimum Gasteiger partial charge on any atom is -0.394 e. The number of aliphatic hydroxyl groups is 3. The number of carbonyl (C=O) groups excluding carboxylic acids is 1. The molecular weight excluding hydrogens is 577 g/mol. The molecule has 0 saturated heterocycles. The lowest BCUT2D eigenvalue weighted by atomic mass is 9.87. The number of alkyl halides is 6. The summed E-state index contributed by atoms with van der Waals surface area (Å²) in [6, 6.07) is 2.50. The van der Waals surface area contributed by atoms with Crippen LogP contribution >= 0.6 is 0 Å². The Kier molecular flexibility index (Phi) is 8.79. The lowest BCUT2D eigenvalue weighted by molar-refractivity contribution is -0.376. The fourth-order valence-corrected chi connectivity index (χ4v) is 6.10. The van der Waals surface area contributed by atoms with Crippen molar-refractivity contribution >= 4 is 21.6 Å². The smallest absolute Gasteiger partial charge is 0.394 e. The van der Waals surface area contributed by atoms with E-state index >= 15 is 0 Å². The van der Waals surface area contributed by atoms with Crippen molar-refractivity contribution in [1.29, 1.82) is 0 Å². The molecule has 16 heteroatoms. The van der Waals surface area contributed by atoms with Crippen LogP contribution in [-0.2, 0) is 26.8 Å². The molecule has 0 unspecified atom stereocenters. The Hall–Kier alpha value is -2.95. The first-order valence-corrected chi connectivity index (χ1v) is 13.2. The van der Waals surface area contributed by atoms with Crippen molar-refractivity contribution in [3.05, 3.63) is 59.4 Å². The van der Waals surface area contributed by atoms with E-state index < -0.39 is 81.4 Å². The van der Waals surface area contributed by atoms with Gasteiger partial charge in [0.25, 0.3) is 15.6 Å². The number of aryl methyl sites for hydroxylation is 1. The van der Waals surface area contributed by atoms with Crippen LogP contribution in [0.1, 0.15) is 30.9 Å². The summed E-state index contributed by atoms with van der Waals surface area (Å²) in [5, 5.41) is 31.1. The van der Waals surface area contributed by atoms with Crippen molar-refractivity contribution in [1.82, 2.24) is 5.32 Å². The molecule has 0 radical (unpaired) electrons. The van der Waals surface area contributed by atoms with E-state index in [2.05, 4.69) is 5.32 Å². The molecule has 2 aromatic rings. The van der Waals surface area contributed by atoms with Crippen molar-refractivity contribution < 1.29 is 59.3 Å². The van der Waals surface area contributed by atoms with Crippen LogP contribution in [0, 0.1) is 5.82 Å². The Balaban J connectivity index is 2.13. The first kappa shape index (κ1) is 31.6. The zero-order valence-electron chi connectivity index (χ0n) is 20.7. The second-order valence-electron chi connectivity index (χ2n) is 9.30. The number of carbonyl (C=O) groups is 1. The summed E-state index contributed by atoms with van der Waals surface area (Å²) in [4.78, 5) is 12.2. The number of hydrogen-bond acceptors (Lipinski definition) is 6. The van der Waals surface area contributed by atoms with Crippen LogP contribution in [0.2, 0.25) is 0 Å². The van der Waals surface area contributed by atoms with Gasteiger partial charge in [-0.25, -0.2) is 12.8 Å². The summed E-state index contributed by atoms with van der Waals surface area (Å²) >= 11 is 0. The number of rotatable bonds is 8. The van der Waals surface area contributed by atoms with E-state index in [0.29, 0.717) is 22.5 Å². The van der Waals surface area contributed by atoms with Crippen molar-refractivity contribution in [3.8, 4) is 0 Å². The molecule has 1 aliphatic heterocycles. The van der Waals surface area contributed by atoms with Crippen LogP contribution in [0.25, 0.3) is 0 Å². The predicted molar refractivity (Wildman–Crippen MR) is 126 cm³/mol. The van der Waals surface area contributed by atoms with Gasteiger partial charge in [-0.05, 0) is 55.7 Å². The highest BCUT2D eigenvalue weighted by atomic mass is 32.2. The highest BCUT2D eigenvalue weighted by Crippen LogP contribution is 2.51. The fraction of sp³-hybridized carbons (Fsp3) is 0.458. The lowest BCUT2D eigenvalue weighted by Gasteiger charge is -2.39. The lowest BCUT2D eigenvalue weighted by Crippen LogP contribution is -2.54. The molecule has 0 saturated carbocycles. The van der Waals surface area contributed by atoms with E-state index in [1.165, 1.54) is 6.92 Å². The van der Waals surface area contributed by atoms with Crippen molar-refractivity contribution in [2.75, 3.05) is 10.9 Å². The summed E-state index contributed by atoms with van der Waals surface area (Å²) in [5.41, 5.74) is -7.46. The molecule has 0 spiro atoms. The molecule has 0 fully saturated rings. The second kappa shape index (κ2) is 11.1. The van der Waals surface area contributed by atoms with Gasteiger partial charge >= 0.3 is 12.4 Å². The summed E-state index contributed by atoms with van der Waals surface area (Å²) in [7, 11) is -4.66. The Morgan fingerprint density at radius 2 is 1.65 bits per heavy atom. The highest BCUT2D eigenvalue weighted by molar-refractivity contribution is 7.92. The first-order chi connectivity index (χ1) is 18.3. The number of hydrogen-bond donors (Lipinski definition) is 4.